The minimum atomic E-state index is -0.0482. The number of rotatable bonds is 6. The first-order valence-corrected chi connectivity index (χ1v) is 10.6. The van der Waals surface area contributed by atoms with Gasteiger partial charge in [-0.25, -0.2) is 0 Å². The third-order valence-corrected chi connectivity index (χ3v) is 6.43. The van der Waals surface area contributed by atoms with E-state index in [0.717, 1.165) is 32.4 Å². The van der Waals surface area contributed by atoms with Crippen molar-refractivity contribution in [2.45, 2.75) is 43.9 Å². The van der Waals surface area contributed by atoms with Crippen LogP contribution in [0.3, 0.4) is 0 Å². The molecular weight excluding hydrogens is 360 g/mol. The van der Waals surface area contributed by atoms with Gasteiger partial charge in [0.05, 0.1) is 6.04 Å². The van der Waals surface area contributed by atoms with Crippen LogP contribution >= 0.6 is 0 Å². The molecule has 0 saturated carbocycles. The summed E-state index contributed by atoms with van der Waals surface area (Å²) in [6.07, 6.45) is 2.95. The standard InChI is InChI=1S/C24H32N4O/c1-25-24(29)23-14-20(26-15-17-8-10-21(11-9-17)27(2)3)16-28(23)22-12-18-6-4-5-7-19(18)13-22/h4-11,20,22-23,26H,12-16H2,1-3H3,(H,25,29)/t20-,23+/m1/s1. The zero-order chi connectivity index (χ0) is 20.4. The van der Waals surface area contributed by atoms with Gasteiger partial charge in [0.2, 0.25) is 5.91 Å². The second kappa shape index (κ2) is 8.56. The molecule has 1 saturated heterocycles. The summed E-state index contributed by atoms with van der Waals surface area (Å²) in [7, 11) is 5.86. The van der Waals surface area contributed by atoms with Crippen molar-refractivity contribution in [3.05, 3.63) is 65.2 Å². The fraction of sp³-hybridized carbons (Fsp3) is 0.458. The molecular formula is C24H32N4O. The van der Waals surface area contributed by atoms with Gasteiger partial charge in [-0.15, -0.1) is 0 Å². The minimum absolute atomic E-state index is 0.0482. The van der Waals surface area contributed by atoms with Gasteiger partial charge in [0.15, 0.2) is 0 Å². The van der Waals surface area contributed by atoms with Gasteiger partial charge in [0.1, 0.15) is 0 Å². The molecule has 4 rings (SSSR count). The Hall–Kier alpha value is -2.37. The van der Waals surface area contributed by atoms with Crippen molar-refractivity contribution < 1.29 is 4.79 Å². The number of nitrogens with one attached hydrogen (secondary N) is 2. The Labute approximate surface area is 174 Å². The third kappa shape index (κ3) is 4.31. The highest BCUT2D eigenvalue weighted by Gasteiger charge is 2.41. The maximum absolute atomic E-state index is 12.6. The van der Waals surface area contributed by atoms with Gasteiger partial charge in [-0.1, -0.05) is 36.4 Å². The lowest BCUT2D eigenvalue weighted by atomic mass is 10.1. The lowest BCUT2D eigenvalue weighted by molar-refractivity contribution is -0.125. The number of anilines is 1. The Bertz CT molecular complexity index is 823. The number of likely N-dealkylation sites (tertiary alicyclic amines) is 1. The van der Waals surface area contributed by atoms with Crippen molar-refractivity contribution in [3.8, 4) is 0 Å². The maximum Gasteiger partial charge on any atom is 0.237 e. The lowest BCUT2D eigenvalue weighted by Crippen LogP contribution is -2.47. The largest absolute Gasteiger partial charge is 0.378 e. The van der Waals surface area contributed by atoms with Crippen molar-refractivity contribution in [1.82, 2.24) is 15.5 Å². The number of hydrogen-bond acceptors (Lipinski definition) is 4. The first kappa shape index (κ1) is 19.9. The Kier molecular flexibility index (Phi) is 5.88. The summed E-state index contributed by atoms with van der Waals surface area (Å²) in [4.78, 5) is 17.1. The van der Waals surface area contributed by atoms with E-state index in [0.29, 0.717) is 12.1 Å². The highest BCUT2D eigenvalue weighted by molar-refractivity contribution is 5.82. The van der Waals surface area contributed by atoms with Gasteiger partial charge in [0.25, 0.3) is 0 Å². The normalized spacial score (nSPS) is 21.9. The van der Waals surface area contributed by atoms with Gasteiger partial charge in [-0.05, 0) is 48.1 Å². The van der Waals surface area contributed by atoms with Crippen LogP contribution in [-0.2, 0) is 24.2 Å². The van der Waals surface area contributed by atoms with Crippen molar-refractivity contribution >= 4 is 11.6 Å². The van der Waals surface area contributed by atoms with Gasteiger partial charge < -0.3 is 15.5 Å². The highest BCUT2D eigenvalue weighted by atomic mass is 16.2. The van der Waals surface area contributed by atoms with E-state index in [1.807, 2.05) is 0 Å². The summed E-state index contributed by atoms with van der Waals surface area (Å²) in [5.74, 6) is 0.139. The van der Waals surface area contributed by atoms with Crippen molar-refractivity contribution in [2.24, 2.45) is 0 Å². The molecule has 2 N–H and O–H groups in total. The van der Waals surface area contributed by atoms with E-state index in [1.165, 1.54) is 22.4 Å². The molecule has 2 aromatic carbocycles. The molecule has 0 unspecified atom stereocenters. The summed E-state index contributed by atoms with van der Waals surface area (Å²) >= 11 is 0. The van der Waals surface area contributed by atoms with Crippen LogP contribution < -0.4 is 15.5 Å². The van der Waals surface area contributed by atoms with E-state index in [-0.39, 0.29) is 11.9 Å². The fourth-order valence-corrected chi connectivity index (χ4v) is 4.78. The molecule has 0 radical (unpaired) electrons. The Morgan fingerprint density at radius 3 is 2.31 bits per heavy atom. The second-order valence-electron chi connectivity index (χ2n) is 8.53. The third-order valence-electron chi connectivity index (χ3n) is 6.43. The maximum atomic E-state index is 12.6. The van der Waals surface area contributed by atoms with E-state index >= 15 is 0 Å². The fourth-order valence-electron chi connectivity index (χ4n) is 4.78. The van der Waals surface area contributed by atoms with Crippen LogP contribution in [0.2, 0.25) is 0 Å². The van der Waals surface area contributed by atoms with Crippen LogP contribution in [0.1, 0.15) is 23.1 Å². The molecule has 2 aromatic rings. The number of carbonyl (C=O) groups is 1. The van der Waals surface area contributed by atoms with Crippen LogP contribution in [0.15, 0.2) is 48.5 Å². The summed E-state index contributed by atoms with van der Waals surface area (Å²) in [5, 5.41) is 6.57. The van der Waals surface area contributed by atoms with Crippen LogP contribution in [0.25, 0.3) is 0 Å². The predicted molar refractivity (Wildman–Crippen MR) is 118 cm³/mol. The molecule has 0 aromatic heterocycles. The number of amides is 1. The second-order valence-corrected chi connectivity index (χ2v) is 8.53. The molecule has 2 aliphatic rings. The highest BCUT2D eigenvalue weighted by Crippen LogP contribution is 2.31. The number of likely N-dealkylation sites (N-methyl/N-ethyl adjacent to an activating group) is 1. The van der Waals surface area contributed by atoms with E-state index in [2.05, 4.69) is 83.1 Å². The molecule has 2 atom stereocenters. The molecule has 154 valence electrons. The Balaban J connectivity index is 1.40. The van der Waals surface area contributed by atoms with Crippen LogP contribution in [0.4, 0.5) is 5.69 Å². The average molecular weight is 393 g/mol. The lowest BCUT2D eigenvalue weighted by Gasteiger charge is -2.29. The molecule has 1 amide bonds. The molecule has 1 aliphatic carbocycles. The number of hydrogen-bond donors (Lipinski definition) is 2. The number of fused-ring (bicyclic) bond motifs is 1. The average Bonchev–Trinajstić information content (AvgIpc) is 3.36. The van der Waals surface area contributed by atoms with Gasteiger partial charge >= 0.3 is 0 Å². The van der Waals surface area contributed by atoms with Gasteiger partial charge in [-0.3, -0.25) is 9.69 Å². The van der Waals surface area contributed by atoms with Crippen LogP contribution in [0, 0.1) is 0 Å². The summed E-state index contributed by atoms with van der Waals surface area (Å²) < 4.78 is 0. The molecule has 0 spiro atoms. The molecule has 1 fully saturated rings. The van der Waals surface area contributed by atoms with Crippen molar-refractivity contribution in [1.29, 1.82) is 0 Å². The number of benzene rings is 2. The van der Waals surface area contributed by atoms with E-state index in [1.54, 1.807) is 7.05 Å². The van der Waals surface area contributed by atoms with Crippen LogP contribution in [0.5, 0.6) is 0 Å². The Morgan fingerprint density at radius 1 is 1.07 bits per heavy atom. The summed E-state index contributed by atoms with van der Waals surface area (Å²) in [6.45, 7) is 1.75. The smallest absolute Gasteiger partial charge is 0.237 e. The molecule has 29 heavy (non-hydrogen) atoms. The molecule has 5 heteroatoms. The minimum Gasteiger partial charge on any atom is -0.378 e. The van der Waals surface area contributed by atoms with Crippen LogP contribution in [-0.4, -0.2) is 56.6 Å². The zero-order valence-corrected chi connectivity index (χ0v) is 17.7. The zero-order valence-electron chi connectivity index (χ0n) is 17.7. The number of carbonyl (C=O) groups excluding carboxylic acids is 1. The predicted octanol–water partition coefficient (Wildman–Crippen LogP) is 2.20. The number of nitrogens with zero attached hydrogens (tertiary/aromatic N) is 2. The molecule has 0 bridgehead atoms. The van der Waals surface area contributed by atoms with E-state index in [4.69, 9.17) is 0 Å². The van der Waals surface area contributed by atoms with E-state index in [9.17, 15) is 4.79 Å². The van der Waals surface area contributed by atoms with E-state index < -0.39 is 0 Å². The van der Waals surface area contributed by atoms with Crippen molar-refractivity contribution in [2.75, 3.05) is 32.6 Å². The quantitative estimate of drug-likeness (QED) is 0.791. The topological polar surface area (TPSA) is 47.6 Å². The first-order chi connectivity index (χ1) is 14.0. The summed E-state index contributed by atoms with van der Waals surface area (Å²) in [6, 6.07) is 18.1. The SMILES string of the molecule is CNC(=O)[C@@H]1C[C@@H](NCc2ccc(N(C)C)cc2)CN1C1Cc2ccccc2C1. The first-order valence-electron chi connectivity index (χ1n) is 10.6. The monoisotopic (exact) mass is 392 g/mol. The Morgan fingerprint density at radius 2 is 1.72 bits per heavy atom. The molecule has 1 aliphatic heterocycles. The molecule has 1 heterocycles. The summed E-state index contributed by atoms with van der Waals surface area (Å²) in [5.41, 5.74) is 5.36. The van der Waals surface area contributed by atoms with Crippen molar-refractivity contribution in [3.63, 3.8) is 0 Å². The van der Waals surface area contributed by atoms with Gasteiger partial charge in [0, 0.05) is 52.0 Å². The molecule has 5 nitrogen and oxygen atoms in total. The van der Waals surface area contributed by atoms with Gasteiger partial charge in [-0.2, -0.15) is 0 Å².